The van der Waals surface area contributed by atoms with E-state index in [0.717, 1.165) is 5.56 Å². The first-order valence-electron chi connectivity index (χ1n) is 8.91. The minimum atomic E-state index is -0.542. The van der Waals surface area contributed by atoms with Gasteiger partial charge in [-0.25, -0.2) is 13.6 Å². The number of aromatic amines is 1. The lowest BCUT2D eigenvalue weighted by molar-refractivity contribution is 0.628. The second-order valence-corrected chi connectivity index (χ2v) is 6.73. The van der Waals surface area contributed by atoms with Gasteiger partial charge in [-0.1, -0.05) is 30.3 Å². The van der Waals surface area contributed by atoms with Crippen molar-refractivity contribution in [1.29, 1.82) is 0 Å². The highest BCUT2D eigenvalue weighted by Gasteiger charge is 2.22. The first-order chi connectivity index (χ1) is 14.0. The van der Waals surface area contributed by atoms with Crippen molar-refractivity contribution in [2.45, 2.75) is 6.54 Å². The third-order valence-corrected chi connectivity index (χ3v) is 4.92. The number of imidazole rings is 1. The third kappa shape index (κ3) is 2.59. The van der Waals surface area contributed by atoms with Gasteiger partial charge in [0, 0.05) is 12.6 Å². The highest BCUT2D eigenvalue weighted by atomic mass is 19.1. The summed E-state index contributed by atoms with van der Waals surface area (Å²) < 4.78 is 18.1. The lowest BCUT2D eigenvalue weighted by atomic mass is 10.2. The monoisotopic (exact) mass is 390 g/mol. The Morgan fingerprint density at radius 1 is 1.00 bits per heavy atom. The van der Waals surface area contributed by atoms with Crippen LogP contribution < -0.4 is 11.2 Å². The lowest BCUT2D eigenvalue weighted by Crippen LogP contribution is -2.29. The van der Waals surface area contributed by atoms with Crippen LogP contribution in [0.3, 0.4) is 0 Å². The van der Waals surface area contributed by atoms with Gasteiger partial charge in [0.05, 0.1) is 6.54 Å². The Bertz CT molecular complexity index is 1480. The van der Waals surface area contributed by atoms with Gasteiger partial charge in [-0.3, -0.25) is 18.9 Å². The lowest BCUT2D eigenvalue weighted by Gasteiger charge is -2.05. The van der Waals surface area contributed by atoms with Crippen LogP contribution in [0.15, 0.2) is 64.2 Å². The Morgan fingerprint density at radius 3 is 2.45 bits per heavy atom. The molecule has 9 heteroatoms. The summed E-state index contributed by atoms with van der Waals surface area (Å²) in [6, 6.07) is 15.4. The maximum absolute atomic E-state index is 13.4. The second-order valence-electron chi connectivity index (χ2n) is 6.73. The van der Waals surface area contributed by atoms with Gasteiger partial charge in [0.1, 0.15) is 5.82 Å². The summed E-state index contributed by atoms with van der Waals surface area (Å²) in [5.74, 6) is 0.456. The molecular formula is C20H15FN6O2. The van der Waals surface area contributed by atoms with Crippen LogP contribution in [0.4, 0.5) is 4.39 Å². The van der Waals surface area contributed by atoms with E-state index in [0.29, 0.717) is 34.9 Å². The fourth-order valence-corrected chi connectivity index (χ4v) is 3.54. The number of hydrogen-bond donors (Lipinski definition) is 1. The van der Waals surface area contributed by atoms with Gasteiger partial charge >= 0.3 is 5.69 Å². The Labute approximate surface area is 162 Å². The number of rotatable bonds is 3. The van der Waals surface area contributed by atoms with Crippen LogP contribution in [0.1, 0.15) is 5.56 Å². The number of aryl methyl sites for hydroxylation is 1. The van der Waals surface area contributed by atoms with E-state index in [2.05, 4.69) is 15.2 Å². The second kappa shape index (κ2) is 6.26. The topological polar surface area (TPSA) is 90.0 Å². The predicted molar refractivity (Wildman–Crippen MR) is 105 cm³/mol. The molecule has 2 aromatic carbocycles. The third-order valence-electron chi connectivity index (χ3n) is 4.92. The molecule has 5 rings (SSSR count). The van der Waals surface area contributed by atoms with Crippen LogP contribution in [0, 0.1) is 5.82 Å². The van der Waals surface area contributed by atoms with Crippen molar-refractivity contribution in [3.63, 3.8) is 0 Å². The molecule has 0 spiro atoms. The maximum Gasteiger partial charge on any atom is 0.329 e. The Balaban J connectivity index is 1.89. The number of H-pyrrole nitrogens is 1. The first-order valence-corrected chi connectivity index (χ1v) is 8.91. The summed E-state index contributed by atoms with van der Waals surface area (Å²) in [4.78, 5) is 27.3. The predicted octanol–water partition coefficient (Wildman–Crippen LogP) is 1.93. The molecule has 0 aliphatic rings. The largest absolute Gasteiger partial charge is 0.329 e. The molecule has 0 amide bonds. The number of halogens is 1. The molecule has 144 valence electrons. The van der Waals surface area contributed by atoms with E-state index < -0.39 is 11.2 Å². The minimum absolute atomic E-state index is 0.309. The molecule has 0 radical (unpaired) electrons. The normalized spacial score (nSPS) is 11.5. The molecule has 0 unspecified atom stereocenters. The summed E-state index contributed by atoms with van der Waals surface area (Å²) >= 11 is 0. The van der Waals surface area contributed by atoms with Gasteiger partial charge in [-0.2, -0.15) is 0 Å². The van der Waals surface area contributed by atoms with E-state index in [4.69, 9.17) is 0 Å². The number of fused-ring (bicyclic) bond motifs is 3. The van der Waals surface area contributed by atoms with E-state index in [1.54, 1.807) is 28.1 Å². The van der Waals surface area contributed by atoms with Crippen LogP contribution in [-0.2, 0) is 13.6 Å². The zero-order valence-electron chi connectivity index (χ0n) is 15.3. The summed E-state index contributed by atoms with van der Waals surface area (Å²) in [5, 5.41) is 8.53. The number of aromatic nitrogens is 6. The van der Waals surface area contributed by atoms with E-state index in [1.807, 2.05) is 30.3 Å². The average molecular weight is 390 g/mol. The van der Waals surface area contributed by atoms with Crippen LogP contribution in [0.2, 0.25) is 0 Å². The van der Waals surface area contributed by atoms with Gasteiger partial charge in [0.15, 0.2) is 17.0 Å². The summed E-state index contributed by atoms with van der Waals surface area (Å²) in [5.41, 5.74) is 1.21. The highest BCUT2D eigenvalue weighted by Crippen LogP contribution is 2.25. The molecule has 0 saturated carbocycles. The van der Waals surface area contributed by atoms with Crippen molar-refractivity contribution in [3.8, 4) is 11.4 Å². The molecule has 5 aromatic rings. The molecule has 29 heavy (non-hydrogen) atoms. The molecule has 3 aromatic heterocycles. The molecule has 3 heterocycles. The summed E-state index contributed by atoms with van der Waals surface area (Å²) in [6.07, 6.45) is 0. The molecule has 0 fully saturated rings. The van der Waals surface area contributed by atoms with Gasteiger partial charge in [-0.15, -0.1) is 10.2 Å². The number of nitrogens with one attached hydrogen (secondary N) is 1. The minimum Gasteiger partial charge on any atom is -0.298 e. The molecule has 0 saturated heterocycles. The van der Waals surface area contributed by atoms with Crippen molar-refractivity contribution in [2.24, 2.45) is 7.05 Å². The number of benzene rings is 2. The van der Waals surface area contributed by atoms with E-state index >= 15 is 0 Å². The quantitative estimate of drug-likeness (QED) is 0.510. The first kappa shape index (κ1) is 17.1. The van der Waals surface area contributed by atoms with Gasteiger partial charge in [-0.05, 0) is 29.8 Å². The average Bonchev–Trinajstić information content (AvgIpc) is 3.27. The van der Waals surface area contributed by atoms with Crippen molar-refractivity contribution >= 4 is 16.9 Å². The van der Waals surface area contributed by atoms with Crippen molar-refractivity contribution in [1.82, 2.24) is 28.7 Å². The highest BCUT2D eigenvalue weighted by molar-refractivity contribution is 5.79. The zero-order valence-corrected chi connectivity index (χ0v) is 15.3. The Kier molecular flexibility index (Phi) is 3.70. The fraction of sp³-hybridized carbons (Fsp3) is 0.100. The molecule has 0 aliphatic heterocycles. The van der Waals surface area contributed by atoms with Gasteiger partial charge in [0.25, 0.3) is 5.56 Å². The standard InChI is InChI=1S/C20H15FN6O2/c1-25-18-15(17(28)22-20(25)29)26(11-12-5-3-2-4-6-12)19-24-23-16(27(18)19)13-7-9-14(21)10-8-13/h2-10H,11H2,1H3,(H,22,28,29). The van der Waals surface area contributed by atoms with E-state index in [-0.39, 0.29) is 5.82 Å². The molecule has 0 atom stereocenters. The maximum atomic E-state index is 13.4. The van der Waals surface area contributed by atoms with E-state index in [9.17, 15) is 14.0 Å². The van der Waals surface area contributed by atoms with Crippen LogP contribution in [0.25, 0.3) is 28.3 Å². The van der Waals surface area contributed by atoms with Gasteiger partial charge in [0.2, 0.25) is 5.78 Å². The van der Waals surface area contributed by atoms with Crippen LogP contribution in [0.5, 0.6) is 0 Å². The van der Waals surface area contributed by atoms with Crippen molar-refractivity contribution < 1.29 is 4.39 Å². The Morgan fingerprint density at radius 2 is 1.72 bits per heavy atom. The van der Waals surface area contributed by atoms with Crippen molar-refractivity contribution in [2.75, 3.05) is 0 Å². The molecule has 0 bridgehead atoms. The molecular weight excluding hydrogens is 375 g/mol. The van der Waals surface area contributed by atoms with E-state index in [1.165, 1.54) is 16.7 Å². The molecule has 0 aliphatic carbocycles. The van der Waals surface area contributed by atoms with Gasteiger partial charge < -0.3 is 0 Å². The van der Waals surface area contributed by atoms with Crippen LogP contribution >= 0.6 is 0 Å². The molecule has 1 N–H and O–H groups in total. The number of hydrogen-bond acceptors (Lipinski definition) is 4. The summed E-state index contributed by atoms with van der Waals surface area (Å²) in [7, 11) is 1.57. The number of nitrogens with zero attached hydrogens (tertiary/aromatic N) is 5. The smallest absolute Gasteiger partial charge is 0.298 e. The SMILES string of the molecule is Cn1c(=O)[nH]c(=O)c2c1n1c(-c3ccc(F)cc3)nnc1n2Cc1ccccc1. The van der Waals surface area contributed by atoms with Crippen LogP contribution in [-0.4, -0.2) is 28.7 Å². The zero-order chi connectivity index (χ0) is 20.1. The fourth-order valence-electron chi connectivity index (χ4n) is 3.54. The van der Waals surface area contributed by atoms with Crippen molar-refractivity contribution in [3.05, 3.63) is 86.8 Å². The molecule has 8 nitrogen and oxygen atoms in total. The Hall–Kier alpha value is -4.01. The summed E-state index contributed by atoms with van der Waals surface area (Å²) in [6.45, 7) is 0.372.